The molecule has 2 amide bonds. The molecule has 7 heteroatoms. The van der Waals surface area contributed by atoms with Gasteiger partial charge in [0.2, 0.25) is 11.8 Å². The molecule has 0 aromatic heterocycles. The Morgan fingerprint density at radius 3 is 2.50 bits per heavy atom. The Morgan fingerprint density at radius 2 is 1.83 bits per heavy atom. The van der Waals surface area contributed by atoms with Gasteiger partial charge < -0.3 is 21.7 Å². The summed E-state index contributed by atoms with van der Waals surface area (Å²) in [5.74, 6) is 0.135. The number of hydrogen-bond acceptors (Lipinski definition) is 3. The summed E-state index contributed by atoms with van der Waals surface area (Å²) in [6.07, 6.45) is 13.6. The van der Waals surface area contributed by atoms with Gasteiger partial charge in [-0.2, -0.15) is 0 Å². The Bertz CT molecular complexity index is 985. The number of amides is 2. The van der Waals surface area contributed by atoms with Crippen LogP contribution < -0.4 is 16.8 Å². The average Bonchev–Trinajstić information content (AvgIpc) is 3.24. The molecule has 3 atom stereocenters. The van der Waals surface area contributed by atoms with Gasteiger partial charge in [-0.3, -0.25) is 9.59 Å². The molecule has 1 aromatic rings. The summed E-state index contributed by atoms with van der Waals surface area (Å²) in [7, 11) is 0. The van der Waals surface area contributed by atoms with Gasteiger partial charge >= 0.3 is 0 Å². The van der Waals surface area contributed by atoms with Crippen LogP contribution in [0.2, 0.25) is 0 Å². The van der Waals surface area contributed by atoms with Crippen LogP contribution in [0, 0.1) is 11.8 Å². The van der Waals surface area contributed by atoms with Crippen LogP contribution in [0.5, 0.6) is 0 Å². The number of rotatable bonds is 8. The Labute approximate surface area is 215 Å². The van der Waals surface area contributed by atoms with E-state index in [1.54, 1.807) is 0 Å². The fraction of sp³-hybridized carbons (Fsp3) is 0.621. The minimum Gasteiger partial charge on any atom is -0.370 e. The third-order valence-electron chi connectivity index (χ3n) is 8.71. The number of carbonyl (C=O) groups excluding carboxylic acids is 2. The molecule has 1 spiro atoms. The number of aliphatic imine (C=N–C) groups is 1. The summed E-state index contributed by atoms with van der Waals surface area (Å²) >= 11 is 0. The monoisotopic (exact) mass is 493 g/mol. The largest absolute Gasteiger partial charge is 0.370 e. The molecule has 1 saturated carbocycles. The predicted molar refractivity (Wildman–Crippen MR) is 145 cm³/mol. The lowest BCUT2D eigenvalue weighted by molar-refractivity contribution is -0.139. The second kappa shape index (κ2) is 11.5. The van der Waals surface area contributed by atoms with Gasteiger partial charge in [0.1, 0.15) is 12.1 Å². The van der Waals surface area contributed by atoms with Gasteiger partial charge in [-0.25, -0.2) is 4.99 Å². The highest BCUT2D eigenvalue weighted by Gasteiger charge is 2.41. The van der Waals surface area contributed by atoms with E-state index < -0.39 is 12.1 Å². The first-order chi connectivity index (χ1) is 17.3. The standard InChI is InChI=1S/C29H43N5O2/c1-3-20(2)25(33-26(35)24(32-28(30)31)19-21-9-5-4-6-10-21)27(36)34-17-15-29(16-18-34)14-13-22-11-7-8-12-23(22)29/h7-8,11-14,20-21,24-25H,3-6,9-10,15-19H2,1-2H3,(H,33,35)(H4,30,31,32)/t20-,24-,25-/m0/s1. The van der Waals surface area contributed by atoms with Crippen molar-refractivity contribution in [1.82, 2.24) is 10.2 Å². The number of nitrogens with one attached hydrogen (secondary N) is 1. The molecule has 36 heavy (non-hydrogen) atoms. The maximum absolute atomic E-state index is 13.7. The minimum atomic E-state index is -0.651. The molecule has 4 rings (SSSR count). The van der Waals surface area contributed by atoms with Crippen molar-refractivity contribution < 1.29 is 9.59 Å². The van der Waals surface area contributed by atoms with Crippen LogP contribution in [0.25, 0.3) is 6.08 Å². The third-order valence-corrected chi connectivity index (χ3v) is 8.71. The highest BCUT2D eigenvalue weighted by atomic mass is 16.2. The number of hydrogen-bond donors (Lipinski definition) is 3. The number of allylic oxidation sites excluding steroid dienone is 1. The van der Waals surface area contributed by atoms with Crippen molar-refractivity contribution in [3.05, 3.63) is 41.5 Å². The van der Waals surface area contributed by atoms with E-state index in [2.05, 4.69) is 53.7 Å². The minimum absolute atomic E-state index is 0.00364. The van der Waals surface area contributed by atoms with Crippen molar-refractivity contribution in [1.29, 1.82) is 0 Å². The van der Waals surface area contributed by atoms with E-state index in [9.17, 15) is 9.59 Å². The van der Waals surface area contributed by atoms with Crippen LogP contribution in [-0.4, -0.2) is 47.8 Å². The van der Waals surface area contributed by atoms with Gasteiger partial charge in [0.15, 0.2) is 5.96 Å². The van der Waals surface area contributed by atoms with E-state index in [-0.39, 0.29) is 29.1 Å². The van der Waals surface area contributed by atoms with E-state index in [0.29, 0.717) is 25.4 Å². The number of carbonyl (C=O) groups is 2. The molecule has 2 fully saturated rings. The number of fused-ring (bicyclic) bond motifs is 2. The number of benzene rings is 1. The molecule has 0 bridgehead atoms. The fourth-order valence-electron chi connectivity index (χ4n) is 6.26. The van der Waals surface area contributed by atoms with Crippen LogP contribution in [0.3, 0.4) is 0 Å². The highest BCUT2D eigenvalue weighted by Crippen LogP contribution is 2.43. The van der Waals surface area contributed by atoms with Crippen LogP contribution >= 0.6 is 0 Å². The molecule has 0 unspecified atom stereocenters. The fourth-order valence-corrected chi connectivity index (χ4v) is 6.26. The molecule has 196 valence electrons. The van der Waals surface area contributed by atoms with E-state index in [1.165, 1.54) is 30.4 Å². The summed E-state index contributed by atoms with van der Waals surface area (Å²) in [6, 6.07) is 7.32. The lowest BCUT2D eigenvalue weighted by Crippen LogP contribution is -2.56. The maximum atomic E-state index is 13.7. The Kier molecular flexibility index (Phi) is 8.37. The van der Waals surface area contributed by atoms with Crippen molar-refractivity contribution >= 4 is 23.8 Å². The number of likely N-dealkylation sites (tertiary alicyclic amines) is 1. The highest BCUT2D eigenvalue weighted by molar-refractivity contribution is 5.91. The molecule has 3 aliphatic rings. The maximum Gasteiger partial charge on any atom is 0.245 e. The first-order valence-electron chi connectivity index (χ1n) is 13.8. The van der Waals surface area contributed by atoms with Crippen molar-refractivity contribution in [3.8, 4) is 0 Å². The first kappa shape index (κ1) is 26.2. The van der Waals surface area contributed by atoms with Crippen LogP contribution in [0.4, 0.5) is 0 Å². The van der Waals surface area contributed by atoms with Crippen molar-refractivity contribution in [2.45, 2.75) is 89.1 Å². The molecule has 2 aliphatic carbocycles. The van der Waals surface area contributed by atoms with Gasteiger partial charge in [-0.1, -0.05) is 88.8 Å². The predicted octanol–water partition coefficient (Wildman–Crippen LogP) is 3.72. The van der Waals surface area contributed by atoms with Crippen LogP contribution in [-0.2, 0) is 15.0 Å². The Balaban J connectivity index is 1.43. The quantitative estimate of drug-likeness (QED) is 0.378. The first-order valence-corrected chi connectivity index (χ1v) is 13.8. The van der Waals surface area contributed by atoms with Crippen molar-refractivity contribution in [3.63, 3.8) is 0 Å². The summed E-state index contributed by atoms with van der Waals surface area (Å²) < 4.78 is 0. The summed E-state index contributed by atoms with van der Waals surface area (Å²) in [5, 5.41) is 3.07. The molecular weight excluding hydrogens is 450 g/mol. The third kappa shape index (κ3) is 5.76. The van der Waals surface area contributed by atoms with E-state index in [4.69, 9.17) is 11.5 Å². The van der Waals surface area contributed by atoms with Crippen LogP contribution in [0.15, 0.2) is 35.3 Å². The molecular formula is C29H43N5O2. The lowest BCUT2D eigenvalue weighted by atomic mass is 9.74. The SMILES string of the molecule is CC[C@H](C)[C@H](NC(=O)[C@H](CC1CCCCC1)N=C(N)N)C(=O)N1CCC2(C=Cc3ccccc32)CC1. The van der Waals surface area contributed by atoms with Gasteiger partial charge in [-0.15, -0.1) is 0 Å². The zero-order chi connectivity index (χ0) is 25.7. The zero-order valence-corrected chi connectivity index (χ0v) is 21.9. The molecule has 0 radical (unpaired) electrons. The van der Waals surface area contributed by atoms with E-state index in [0.717, 1.165) is 32.1 Å². The summed E-state index contributed by atoms with van der Waals surface area (Å²) in [4.78, 5) is 33.3. The summed E-state index contributed by atoms with van der Waals surface area (Å²) in [6.45, 7) is 5.44. The zero-order valence-electron chi connectivity index (χ0n) is 21.9. The average molecular weight is 494 g/mol. The molecule has 1 heterocycles. The number of nitrogens with two attached hydrogens (primary N) is 2. The van der Waals surface area contributed by atoms with Crippen molar-refractivity contribution in [2.24, 2.45) is 28.3 Å². The van der Waals surface area contributed by atoms with Gasteiger partial charge in [0, 0.05) is 18.5 Å². The number of piperidine rings is 1. The molecule has 1 saturated heterocycles. The topological polar surface area (TPSA) is 114 Å². The lowest BCUT2D eigenvalue weighted by Gasteiger charge is -2.41. The second-order valence-electron chi connectivity index (χ2n) is 11.1. The smallest absolute Gasteiger partial charge is 0.245 e. The van der Waals surface area contributed by atoms with Gasteiger partial charge in [-0.05, 0) is 42.2 Å². The second-order valence-corrected chi connectivity index (χ2v) is 11.1. The molecule has 1 aliphatic heterocycles. The molecule has 7 nitrogen and oxygen atoms in total. The normalized spacial score (nSPS) is 21.4. The number of nitrogens with zero attached hydrogens (tertiary/aromatic N) is 2. The van der Waals surface area contributed by atoms with E-state index in [1.807, 2.05) is 11.8 Å². The molecule has 1 aromatic carbocycles. The Morgan fingerprint density at radius 1 is 1.14 bits per heavy atom. The van der Waals surface area contributed by atoms with E-state index >= 15 is 0 Å². The van der Waals surface area contributed by atoms with Crippen molar-refractivity contribution in [2.75, 3.05) is 13.1 Å². The molecule has 5 N–H and O–H groups in total. The summed E-state index contributed by atoms with van der Waals surface area (Å²) in [5.41, 5.74) is 14.0. The van der Waals surface area contributed by atoms with Gasteiger partial charge in [0.25, 0.3) is 0 Å². The Hall–Kier alpha value is -2.83. The van der Waals surface area contributed by atoms with Crippen LogP contribution in [0.1, 0.15) is 82.8 Å². The number of guanidine groups is 1. The van der Waals surface area contributed by atoms with Gasteiger partial charge in [0.05, 0.1) is 0 Å².